The molecule has 0 aliphatic carbocycles. The SMILES string of the molecule is O=C(ON1C(=O)c2ccccc2C1=O)c1ccc(Cl)c(S(=O)(=O)N2CCOCC2)c1. The molecule has 4 rings (SSSR count). The fourth-order valence-corrected chi connectivity index (χ4v) is 5.05. The fourth-order valence-electron chi connectivity index (χ4n) is 3.14. The van der Waals surface area contributed by atoms with Crippen molar-refractivity contribution in [1.82, 2.24) is 9.37 Å². The number of benzene rings is 2. The number of nitrogens with zero attached hydrogens (tertiary/aromatic N) is 2. The standard InChI is InChI=1S/C19H15ClN2O7S/c20-15-6-5-12(11-16(15)30(26,27)21-7-9-28-10-8-21)19(25)29-22-17(23)13-3-1-2-4-14(13)18(22)24/h1-6,11H,7-10H2. The van der Waals surface area contributed by atoms with Gasteiger partial charge in [0.25, 0.3) is 11.8 Å². The van der Waals surface area contributed by atoms with E-state index in [0.717, 1.165) is 6.07 Å². The third kappa shape index (κ3) is 3.47. The lowest BCUT2D eigenvalue weighted by Crippen LogP contribution is -2.40. The Balaban J connectivity index is 1.60. The van der Waals surface area contributed by atoms with Gasteiger partial charge in [-0.2, -0.15) is 4.31 Å². The fraction of sp³-hybridized carbons (Fsp3) is 0.211. The number of hydrogen-bond donors (Lipinski definition) is 0. The van der Waals surface area contributed by atoms with Crippen molar-refractivity contribution in [1.29, 1.82) is 0 Å². The zero-order valence-electron chi connectivity index (χ0n) is 15.4. The van der Waals surface area contributed by atoms with Crippen LogP contribution in [0.3, 0.4) is 0 Å². The van der Waals surface area contributed by atoms with Crippen molar-refractivity contribution < 1.29 is 32.4 Å². The number of rotatable bonds is 4. The summed E-state index contributed by atoms with van der Waals surface area (Å²) in [5.74, 6) is -2.63. The number of fused-ring (bicyclic) bond motifs is 1. The number of carbonyl (C=O) groups excluding carboxylic acids is 3. The van der Waals surface area contributed by atoms with Gasteiger partial charge in [0.2, 0.25) is 10.0 Å². The molecule has 0 N–H and O–H groups in total. The van der Waals surface area contributed by atoms with E-state index in [1.807, 2.05) is 0 Å². The van der Waals surface area contributed by atoms with Crippen LogP contribution in [-0.2, 0) is 19.6 Å². The van der Waals surface area contributed by atoms with Crippen LogP contribution in [0, 0.1) is 0 Å². The molecule has 2 aliphatic rings. The number of hydrogen-bond acceptors (Lipinski definition) is 7. The summed E-state index contributed by atoms with van der Waals surface area (Å²) in [4.78, 5) is 42.0. The van der Waals surface area contributed by atoms with Gasteiger partial charge in [0, 0.05) is 13.1 Å². The molecule has 156 valence electrons. The molecule has 0 atom stereocenters. The molecule has 0 aromatic heterocycles. The van der Waals surface area contributed by atoms with E-state index in [-0.39, 0.29) is 52.9 Å². The predicted molar refractivity (Wildman–Crippen MR) is 103 cm³/mol. The van der Waals surface area contributed by atoms with Crippen LogP contribution in [0.15, 0.2) is 47.4 Å². The highest BCUT2D eigenvalue weighted by molar-refractivity contribution is 7.89. The van der Waals surface area contributed by atoms with E-state index in [4.69, 9.17) is 21.2 Å². The third-order valence-electron chi connectivity index (χ3n) is 4.69. The van der Waals surface area contributed by atoms with Crippen LogP contribution in [0.1, 0.15) is 31.1 Å². The summed E-state index contributed by atoms with van der Waals surface area (Å²) in [5.41, 5.74) is 0.0479. The minimum Gasteiger partial charge on any atom is -0.379 e. The molecule has 2 amide bonds. The van der Waals surface area contributed by atoms with Gasteiger partial charge >= 0.3 is 5.97 Å². The molecule has 2 aliphatic heterocycles. The van der Waals surface area contributed by atoms with E-state index in [1.54, 1.807) is 12.1 Å². The molecule has 1 saturated heterocycles. The number of ether oxygens (including phenoxy) is 1. The summed E-state index contributed by atoms with van der Waals surface area (Å²) in [6.07, 6.45) is 0. The molecule has 0 unspecified atom stereocenters. The summed E-state index contributed by atoms with van der Waals surface area (Å²) in [5, 5.41) is 0.288. The van der Waals surface area contributed by atoms with Gasteiger partial charge < -0.3 is 9.57 Å². The topological polar surface area (TPSA) is 110 Å². The third-order valence-corrected chi connectivity index (χ3v) is 7.07. The Morgan fingerprint density at radius 1 is 1.00 bits per heavy atom. The summed E-state index contributed by atoms with van der Waals surface area (Å²) >= 11 is 6.07. The molecule has 30 heavy (non-hydrogen) atoms. The first-order valence-electron chi connectivity index (χ1n) is 8.88. The van der Waals surface area contributed by atoms with Gasteiger partial charge in [-0.3, -0.25) is 9.59 Å². The van der Waals surface area contributed by atoms with Gasteiger partial charge in [-0.15, -0.1) is 0 Å². The van der Waals surface area contributed by atoms with Gasteiger partial charge in [-0.05, 0) is 30.3 Å². The van der Waals surface area contributed by atoms with Crippen LogP contribution in [0.2, 0.25) is 5.02 Å². The maximum atomic E-state index is 12.9. The van der Waals surface area contributed by atoms with Crippen LogP contribution in [0.25, 0.3) is 0 Å². The lowest BCUT2D eigenvalue weighted by molar-refractivity contribution is -0.0584. The maximum absolute atomic E-state index is 12.9. The number of sulfonamides is 1. The first kappa shape index (κ1) is 20.5. The van der Waals surface area contributed by atoms with Crippen LogP contribution in [0.4, 0.5) is 0 Å². The summed E-state index contributed by atoms with van der Waals surface area (Å²) < 4.78 is 32.2. The number of morpholine rings is 1. The summed E-state index contributed by atoms with van der Waals surface area (Å²) in [7, 11) is -3.98. The molecule has 0 radical (unpaired) electrons. The number of halogens is 1. The van der Waals surface area contributed by atoms with Gasteiger partial charge in [-0.25, -0.2) is 13.2 Å². The van der Waals surface area contributed by atoms with E-state index in [9.17, 15) is 22.8 Å². The average molecular weight is 451 g/mol. The molecular weight excluding hydrogens is 436 g/mol. The van der Waals surface area contributed by atoms with Crippen molar-refractivity contribution in [3.05, 3.63) is 64.2 Å². The van der Waals surface area contributed by atoms with Crippen LogP contribution >= 0.6 is 11.6 Å². The minimum absolute atomic E-state index is 0.0706. The zero-order chi connectivity index (χ0) is 21.5. The van der Waals surface area contributed by atoms with Crippen molar-refractivity contribution in [2.45, 2.75) is 4.90 Å². The summed E-state index contributed by atoms with van der Waals surface area (Å²) in [6, 6.07) is 9.61. The molecule has 1 fully saturated rings. The largest absolute Gasteiger partial charge is 0.379 e. The highest BCUT2D eigenvalue weighted by Crippen LogP contribution is 2.28. The van der Waals surface area contributed by atoms with Crippen LogP contribution in [0.5, 0.6) is 0 Å². The Labute approximate surface area is 176 Å². The van der Waals surface area contributed by atoms with Crippen molar-refractivity contribution in [2.24, 2.45) is 0 Å². The number of hydroxylamine groups is 2. The second-order valence-electron chi connectivity index (χ2n) is 6.49. The van der Waals surface area contributed by atoms with Crippen molar-refractivity contribution in [3.8, 4) is 0 Å². The maximum Gasteiger partial charge on any atom is 0.363 e. The number of amides is 2. The second kappa shape index (κ2) is 7.80. The minimum atomic E-state index is -3.98. The van der Waals surface area contributed by atoms with Gasteiger partial charge in [0.05, 0.1) is 34.9 Å². The first-order chi connectivity index (χ1) is 14.3. The highest BCUT2D eigenvalue weighted by atomic mass is 35.5. The van der Waals surface area contributed by atoms with Crippen molar-refractivity contribution in [2.75, 3.05) is 26.3 Å². The molecule has 0 spiro atoms. The van der Waals surface area contributed by atoms with Crippen molar-refractivity contribution >= 4 is 39.4 Å². The Hall–Kier alpha value is -2.79. The molecule has 9 nitrogen and oxygen atoms in total. The molecule has 2 heterocycles. The van der Waals surface area contributed by atoms with Gasteiger partial charge in [0.15, 0.2) is 0 Å². The molecular formula is C19H15ClN2O7S. The lowest BCUT2D eigenvalue weighted by atomic mass is 10.1. The van der Waals surface area contributed by atoms with Crippen molar-refractivity contribution in [3.63, 3.8) is 0 Å². The average Bonchev–Trinajstić information content (AvgIpc) is 2.99. The van der Waals surface area contributed by atoms with Gasteiger partial charge in [0.1, 0.15) is 4.90 Å². The lowest BCUT2D eigenvalue weighted by Gasteiger charge is -2.26. The second-order valence-corrected chi connectivity index (χ2v) is 8.80. The molecule has 0 saturated carbocycles. The van der Waals surface area contributed by atoms with Gasteiger partial charge in [-0.1, -0.05) is 28.8 Å². The molecule has 11 heteroatoms. The summed E-state index contributed by atoms with van der Waals surface area (Å²) in [6.45, 7) is 0.807. The van der Waals surface area contributed by atoms with Crippen LogP contribution < -0.4 is 0 Å². The Bertz CT molecular complexity index is 1120. The van der Waals surface area contributed by atoms with E-state index >= 15 is 0 Å². The first-order valence-corrected chi connectivity index (χ1v) is 10.7. The van der Waals surface area contributed by atoms with E-state index in [1.165, 1.54) is 28.6 Å². The number of carbonyl (C=O) groups is 3. The zero-order valence-corrected chi connectivity index (χ0v) is 17.0. The van der Waals surface area contributed by atoms with E-state index in [2.05, 4.69) is 0 Å². The quantitative estimate of drug-likeness (QED) is 0.652. The predicted octanol–water partition coefficient (Wildman–Crippen LogP) is 1.73. The Kier molecular flexibility index (Phi) is 5.33. The molecule has 2 aromatic carbocycles. The Morgan fingerprint density at radius 2 is 1.60 bits per heavy atom. The highest BCUT2D eigenvalue weighted by Gasteiger charge is 2.39. The number of imide groups is 1. The smallest absolute Gasteiger partial charge is 0.363 e. The Morgan fingerprint density at radius 3 is 2.20 bits per heavy atom. The van der Waals surface area contributed by atoms with E-state index < -0.39 is 27.8 Å². The van der Waals surface area contributed by atoms with E-state index in [0.29, 0.717) is 5.06 Å². The normalized spacial score (nSPS) is 17.2. The molecule has 0 bridgehead atoms. The van der Waals surface area contributed by atoms with Crippen LogP contribution in [-0.4, -0.2) is 61.9 Å². The molecule has 2 aromatic rings. The monoisotopic (exact) mass is 450 g/mol.